The van der Waals surface area contributed by atoms with Crippen LogP contribution in [0.4, 0.5) is 0 Å². The standard InChI is InChI=1S/C12H21NO/c1-7-8-11(9(2)3)12(14)13(6)10(4)5/h7-8,10H,1-6H3. The summed E-state index contributed by atoms with van der Waals surface area (Å²) >= 11 is 0. The molecule has 0 atom stereocenters. The van der Waals surface area contributed by atoms with Crippen molar-refractivity contribution < 1.29 is 4.79 Å². The van der Waals surface area contributed by atoms with Crippen LogP contribution in [0.5, 0.6) is 0 Å². The Morgan fingerprint density at radius 2 is 1.79 bits per heavy atom. The third kappa shape index (κ3) is 3.36. The van der Waals surface area contributed by atoms with Crippen molar-refractivity contribution >= 4 is 5.91 Å². The summed E-state index contributed by atoms with van der Waals surface area (Å²) in [6.07, 6.45) is 3.77. The van der Waals surface area contributed by atoms with Crippen LogP contribution < -0.4 is 0 Å². The molecule has 0 aromatic heterocycles. The van der Waals surface area contributed by atoms with E-state index >= 15 is 0 Å². The van der Waals surface area contributed by atoms with Crippen molar-refractivity contribution in [3.63, 3.8) is 0 Å². The number of carbonyl (C=O) groups excluding carboxylic acids is 1. The number of amides is 1. The molecule has 1 amide bonds. The number of carbonyl (C=O) groups is 1. The van der Waals surface area contributed by atoms with Crippen molar-refractivity contribution in [3.05, 3.63) is 23.3 Å². The van der Waals surface area contributed by atoms with E-state index in [1.54, 1.807) is 4.90 Å². The van der Waals surface area contributed by atoms with E-state index in [9.17, 15) is 4.79 Å². The summed E-state index contributed by atoms with van der Waals surface area (Å²) in [4.78, 5) is 13.7. The van der Waals surface area contributed by atoms with Crippen LogP contribution in [0.25, 0.3) is 0 Å². The zero-order chi connectivity index (χ0) is 11.3. The van der Waals surface area contributed by atoms with Crippen LogP contribution in [0.1, 0.15) is 34.6 Å². The van der Waals surface area contributed by atoms with Crippen LogP contribution in [0.3, 0.4) is 0 Å². The minimum absolute atomic E-state index is 0.0955. The van der Waals surface area contributed by atoms with Crippen molar-refractivity contribution in [1.29, 1.82) is 0 Å². The molecule has 80 valence electrons. The SMILES string of the molecule is CC=CC(C(=O)N(C)C(C)C)=C(C)C. The fraction of sp³-hybridized carbons (Fsp3) is 0.583. The Labute approximate surface area is 87.3 Å². The second-order valence-corrected chi connectivity index (χ2v) is 3.92. The van der Waals surface area contributed by atoms with Crippen LogP contribution in [-0.2, 0) is 4.79 Å². The lowest BCUT2D eigenvalue weighted by Gasteiger charge is -2.22. The van der Waals surface area contributed by atoms with Gasteiger partial charge in [0.2, 0.25) is 0 Å². The van der Waals surface area contributed by atoms with Gasteiger partial charge >= 0.3 is 0 Å². The molecule has 0 saturated carbocycles. The number of rotatable bonds is 3. The second-order valence-electron chi connectivity index (χ2n) is 3.92. The average Bonchev–Trinajstić information content (AvgIpc) is 2.11. The first-order valence-corrected chi connectivity index (χ1v) is 4.99. The fourth-order valence-corrected chi connectivity index (χ4v) is 1.04. The van der Waals surface area contributed by atoms with Gasteiger partial charge in [-0.1, -0.05) is 17.7 Å². The van der Waals surface area contributed by atoms with Gasteiger partial charge in [0.15, 0.2) is 0 Å². The molecule has 14 heavy (non-hydrogen) atoms. The largest absolute Gasteiger partial charge is 0.339 e. The first kappa shape index (κ1) is 12.9. The summed E-state index contributed by atoms with van der Waals surface area (Å²) in [5.41, 5.74) is 1.85. The number of hydrogen-bond acceptors (Lipinski definition) is 1. The van der Waals surface area contributed by atoms with Crippen molar-refractivity contribution in [2.24, 2.45) is 0 Å². The zero-order valence-corrected chi connectivity index (χ0v) is 10.1. The molecular weight excluding hydrogens is 174 g/mol. The first-order chi connectivity index (χ1) is 6.41. The van der Waals surface area contributed by atoms with Gasteiger partial charge in [0.25, 0.3) is 5.91 Å². The number of allylic oxidation sites excluding steroid dienone is 2. The van der Waals surface area contributed by atoms with Gasteiger partial charge in [0.05, 0.1) is 0 Å². The minimum atomic E-state index is 0.0955. The molecule has 0 aliphatic carbocycles. The van der Waals surface area contributed by atoms with E-state index in [4.69, 9.17) is 0 Å². The van der Waals surface area contributed by atoms with E-state index in [-0.39, 0.29) is 11.9 Å². The van der Waals surface area contributed by atoms with Crippen LogP contribution in [0, 0.1) is 0 Å². The maximum atomic E-state index is 11.9. The van der Waals surface area contributed by atoms with E-state index in [1.165, 1.54) is 0 Å². The molecule has 0 aromatic rings. The van der Waals surface area contributed by atoms with E-state index < -0.39 is 0 Å². The molecule has 2 heteroatoms. The number of nitrogens with zero attached hydrogens (tertiary/aromatic N) is 1. The van der Waals surface area contributed by atoms with E-state index in [0.717, 1.165) is 11.1 Å². The van der Waals surface area contributed by atoms with Crippen molar-refractivity contribution in [2.75, 3.05) is 7.05 Å². The summed E-state index contributed by atoms with van der Waals surface area (Å²) in [6.45, 7) is 9.86. The van der Waals surface area contributed by atoms with Gasteiger partial charge in [0, 0.05) is 18.7 Å². The molecule has 0 unspecified atom stereocenters. The number of hydrogen-bond donors (Lipinski definition) is 0. The molecule has 0 spiro atoms. The molecule has 0 heterocycles. The third-order valence-corrected chi connectivity index (χ3v) is 2.20. The minimum Gasteiger partial charge on any atom is -0.339 e. The molecule has 0 N–H and O–H groups in total. The summed E-state index contributed by atoms with van der Waals surface area (Å²) in [5.74, 6) is 0.0955. The lowest BCUT2D eigenvalue weighted by Crippen LogP contribution is -2.34. The molecule has 0 saturated heterocycles. The lowest BCUT2D eigenvalue weighted by atomic mass is 10.1. The van der Waals surface area contributed by atoms with Gasteiger partial charge < -0.3 is 4.90 Å². The Balaban J connectivity index is 4.90. The van der Waals surface area contributed by atoms with Crippen LogP contribution >= 0.6 is 0 Å². The Morgan fingerprint density at radius 3 is 2.07 bits per heavy atom. The van der Waals surface area contributed by atoms with Gasteiger partial charge in [-0.25, -0.2) is 0 Å². The van der Waals surface area contributed by atoms with Crippen LogP contribution in [0.2, 0.25) is 0 Å². The highest BCUT2D eigenvalue weighted by Crippen LogP contribution is 2.10. The molecular formula is C12H21NO. The second kappa shape index (κ2) is 5.63. The topological polar surface area (TPSA) is 20.3 Å². The van der Waals surface area contributed by atoms with Crippen molar-refractivity contribution in [3.8, 4) is 0 Å². The molecule has 2 nitrogen and oxygen atoms in total. The quantitative estimate of drug-likeness (QED) is 0.501. The highest BCUT2D eigenvalue weighted by Gasteiger charge is 2.15. The summed E-state index contributed by atoms with van der Waals surface area (Å²) in [7, 11) is 1.83. The molecule has 0 aliphatic rings. The summed E-state index contributed by atoms with van der Waals surface area (Å²) < 4.78 is 0. The molecule has 0 bridgehead atoms. The zero-order valence-electron chi connectivity index (χ0n) is 10.1. The van der Waals surface area contributed by atoms with Crippen LogP contribution in [-0.4, -0.2) is 23.9 Å². The molecule has 0 rings (SSSR count). The molecule has 0 fully saturated rings. The Hall–Kier alpha value is -1.05. The van der Waals surface area contributed by atoms with E-state index in [1.807, 2.05) is 53.8 Å². The summed E-state index contributed by atoms with van der Waals surface area (Å²) in [6, 6.07) is 0.238. The monoisotopic (exact) mass is 195 g/mol. The maximum Gasteiger partial charge on any atom is 0.253 e. The van der Waals surface area contributed by atoms with Gasteiger partial charge in [-0.15, -0.1) is 0 Å². The Bertz CT molecular complexity index is 257. The van der Waals surface area contributed by atoms with E-state index in [2.05, 4.69) is 0 Å². The molecule has 0 radical (unpaired) electrons. The van der Waals surface area contributed by atoms with Gasteiger partial charge in [0.1, 0.15) is 0 Å². The predicted molar refractivity (Wildman–Crippen MR) is 61.1 cm³/mol. The third-order valence-electron chi connectivity index (χ3n) is 2.20. The Morgan fingerprint density at radius 1 is 1.29 bits per heavy atom. The fourth-order valence-electron chi connectivity index (χ4n) is 1.04. The molecule has 0 aliphatic heterocycles. The Kier molecular flexibility index (Phi) is 5.21. The van der Waals surface area contributed by atoms with Crippen LogP contribution in [0.15, 0.2) is 23.3 Å². The summed E-state index contributed by atoms with van der Waals surface area (Å²) in [5, 5.41) is 0. The van der Waals surface area contributed by atoms with Gasteiger partial charge in [-0.3, -0.25) is 4.79 Å². The average molecular weight is 195 g/mol. The smallest absolute Gasteiger partial charge is 0.253 e. The maximum absolute atomic E-state index is 11.9. The predicted octanol–water partition coefficient (Wildman–Crippen LogP) is 2.77. The lowest BCUT2D eigenvalue weighted by molar-refractivity contribution is -0.127. The van der Waals surface area contributed by atoms with Gasteiger partial charge in [-0.2, -0.15) is 0 Å². The number of likely N-dealkylation sites (N-methyl/N-ethyl adjacent to an activating group) is 1. The van der Waals surface area contributed by atoms with Crippen molar-refractivity contribution in [2.45, 2.75) is 40.7 Å². The molecule has 0 aromatic carbocycles. The highest BCUT2D eigenvalue weighted by molar-refractivity contribution is 5.96. The normalized spacial score (nSPS) is 10.8. The highest BCUT2D eigenvalue weighted by atomic mass is 16.2. The van der Waals surface area contributed by atoms with Crippen molar-refractivity contribution in [1.82, 2.24) is 4.90 Å². The van der Waals surface area contributed by atoms with Gasteiger partial charge in [-0.05, 0) is 34.6 Å². The van der Waals surface area contributed by atoms with E-state index in [0.29, 0.717) is 0 Å². The first-order valence-electron chi connectivity index (χ1n) is 4.99.